The zero-order valence-corrected chi connectivity index (χ0v) is 41.1. The van der Waals surface area contributed by atoms with Crippen LogP contribution in [0.25, 0.3) is 0 Å². The van der Waals surface area contributed by atoms with Crippen molar-refractivity contribution in [3.63, 3.8) is 0 Å². The zero-order valence-electron chi connectivity index (χ0n) is 38.6. The molecule has 1 saturated heterocycles. The maximum atomic E-state index is 14.7. The van der Waals surface area contributed by atoms with Crippen LogP contribution < -0.4 is 10.6 Å². The van der Waals surface area contributed by atoms with Gasteiger partial charge >= 0.3 is 5.97 Å². The number of thioether (sulfide) groups is 2. The summed E-state index contributed by atoms with van der Waals surface area (Å²) in [7, 11) is 4.38. The van der Waals surface area contributed by atoms with Crippen molar-refractivity contribution in [1.29, 1.82) is 0 Å². The molecular weight excluding hydrogens is 959 g/mol. The summed E-state index contributed by atoms with van der Waals surface area (Å²) >= 11 is 3.90. The monoisotopic (exact) mass is 1010 g/mol. The van der Waals surface area contributed by atoms with Crippen LogP contribution in [0, 0.1) is 0 Å². The SMILES string of the molecule is CON=C(C(=O)NC1C(=O)N2C(C(=O)OC(c3ccccc3)c3ccccc3)=C(C=CSc3nnnn3CC(OC)OC)CSC12)c1csc(NC(c2ccccc2)(c2ccccc2)c2ccccc2)n1. The number of hydrogen-bond donors (Lipinski definition) is 2. The summed E-state index contributed by atoms with van der Waals surface area (Å²) < 4.78 is 18.6. The highest BCUT2D eigenvalue weighted by atomic mass is 32.2. The van der Waals surface area contributed by atoms with Gasteiger partial charge in [-0.05, 0) is 55.3 Å². The molecule has 0 aliphatic carbocycles. The molecule has 1 fully saturated rings. The molecule has 7 aromatic rings. The first-order valence-corrected chi connectivity index (χ1v) is 25.1. The predicted molar refractivity (Wildman–Crippen MR) is 272 cm³/mol. The fourth-order valence-corrected chi connectivity index (χ4v) is 11.1. The molecule has 2 aliphatic rings. The standard InChI is InChI=1S/C52H47N9O7S3/c1-65-41(66-2)31-60-51(56-58-59-60)69-30-29-36-32-70-48-43(47(63)61(48)44(36)49(64)68-45(34-19-9-4-10-20-34)35-21-11-5-12-22-35)54-46(62)42(57-67-3)40-33-71-50(53-40)55-52(37-23-13-6-14-24-37,38-25-15-7-16-26-38)39-27-17-8-18-28-39/h4-30,33,41,43,45,48H,31-32H2,1-3H3,(H,53,55)(H,54,62). The number of rotatable bonds is 20. The van der Waals surface area contributed by atoms with Crippen molar-refractivity contribution in [2.45, 2.75) is 41.0 Å². The van der Waals surface area contributed by atoms with Gasteiger partial charge < -0.3 is 29.7 Å². The van der Waals surface area contributed by atoms with Crippen LogP contribution in [0.4, 0.5) is 5.13 Å². The Hall–Kier alpha value is -7.42. The average molecular weight is 1010 g/mol. The molecule has 360 valence electrons. The third kappa shape index (κ3) is 10.4. The number of β-lactam (4-membered cyclic amide) rings is 1. The van der Waals surface area contributed by atoms with Crippen LogP contribution in [0.15, 0.2) is 190 Å². The first-order valence-electron chi connectivity index (χ1n) is 22.3. The molecule has 4 heterocycles. The van der Waals surface area contributed by atoms with Gasteiger partial charge in [-0.15, -0.1) is 28.2 Å². The molecule has 2 N–H and O–H groups in total. The van der Waals surface area contributed by atoms with E-state index in [1.54, 1.807) is 16.9 Å². The number of methoxy groups -OCH3 is 2. The Balaban J connectivity index is 0.987. The Morgan fingerprint density at radius 2 is 1.39 bits per heavy atom. The number of benzene rings is 5. The molecule has 9 rings (SSSR count). The van der Waals surface area contributed by atoms with Gasteiger partial charge in [-0.3, -0.25) is 14.5 Å². The lowest BCUT2D eigenvalue weighted by Crippen LogP contribution is -2.71. The molecule has 16 nitrogen and oxygen atoms in total. The molecular formula is C52H47N9O7S3. The average Bonchev–Trinajstić information content (AvgIpc) is 4.09. The molecule has 2 aliphatic heterocycles. The number of allylic oxidation sites excluding steroid dienone is 1. The van der Waals surface area contributed by atoms with Crippen molar-refractivity contribution >= 4 is 63.5 Å². The molecule has 0 radical (unpaired) electrons. The fourth-order valence-electron chi connectivity index (χ4n) is 8.35. The number of ether oxygens (including phenoxy) is 3. The summed E-state index contributed by atoms with van der Waals surface area (Å²) in [5.74, 6) is -1.63. The van der Waals surface area contributed by atoms with Crippen molar-refractivity contribution < 1.29 is 33.4 Å². The normalized spacial score (nSPS) is 16.0. The molecule has 71 heavy (non-hydrogen) atoms. The van der Waals surface area contributed by atoms with Gasteiger partial charge in [0, 0.05) is 25.4 Å². The predicted octanol–water partition coefficient (Wildman–Crippen LogP) is 7.80. The van der Waals surface area contributed by atoms with Gasteiger partial charge in [-0.1, -0.05) is 169 Å². The maximum absolute atomic E-state index is 14.7. The number of oxime groups is 1. The summed E-state index contributed by atoms with van der Waals surface area (Å²) in [5, 5.41) is 26.5. The first-order chi connectivity index (χ1) is 34.8. The number of hydrogen-bond acceptors (Lipinski definition) is 16. The van der Waals surface area contributed by atoms with Crippen molar-refractivity contribution in [2.24, 2.45) is 5.16 Å². The number of anilines is 1. The van der Waals surface area contributed by atoms with Gasteiger partial charge in [0.1, 0.15) is 35.5 Å². The van der Waals surface area contributed by atoms with E-state index >= 15 is 0 Å². The molecule has 2 unspecified atom stereocenters. The summed E-state index contributed by atoms with van der Waals surface area (Å²) in [5.41, 5.74) is 4.20. The minimum absolute atomic E-state index is 0.0520. The number of esters is 1. The van der Waals surface area contributed by atoms with E-state index in [2.05, 4.69) is 67.7 Å². The summed E-state index contributed by atoms with van der Waals surface area (Å²) in [6.45, 7) is 0.235. The second kappa shape index (κ2) is 22.6. The maximum Gasteiger partial charge on any atom is 0.356 e. The lowest BCUT2D eigenvalue weighted by molar-refractivity contribution is -0.154. The Kier molecular flexibility index (Phi) is 15.4. The highest BCUT2D eigenvalue weighted by Gasteiger charge is 2.55. The van der Waals surface area contributed by atoms with E-state index in [4.69, 9.17) is 24.0 Å². The Labute approximate surface area is 422 Å². The smallest absolute Gasteiger partial charge is 0.356 e. The number of tetrazole rings is 1. The van der Waals surface area contributed by atoms with Crippen LogP contribution in [0.3, 0.4) is 0 Å². The van der Waals surface area contributed by atoms with E-state index in [0.29, 0.717) is 15.9 Å². The topological polar surface area (TPSA) is 184 Å². The molecule has 2 atom stereocenters. The van der Waals surface area contributed by atoms with Crippen LogP contribution in [0.2, 0.25) is 0 Å². The van der Waals surface area contributed by atoms with Gasteiger partial charge in [0.25, 0.3) is 11.8 Å². The van der Waals surface area contributed by atoms with Gasteiger partial charge in [-0.25, -0.2) is 14.5 Å². The molecule has 0 bridgehead atoms. The van der Waals surface area contributed by atoms with Gasteiger partial charge in [0.15, 0.2) is 23.2 Å². The number of nitrogens with one attached hydrogen (secondary N) is 2. The second-order valence-electron chi connectivity index (χ2n) is 15.9. The minimum atomic E-state index is -1.03. The number of thiazole rings is 1. The van der Waals surface area contributed by atoms with Crippen LogP contribution in [-0.4, -0.2) is 98.4 Å². The van der Waals surface area contributed by atoms with Gasteiger partial charge in [-0.2, -0.15) is 0 Å². The summed E-state index contributed by atoms with van der Waals surface area (Å²) in [6.07, 6.45) is 0.370. The van der Waals surface area contributed by atoms with Crippen LogP contribution in [0.5, 0.6) is 0 Å². The molecule has 0 saturated carbocycles. The number of fused-ring (bicyclic) bond motifs is 1. The number of amides is 2. The summed E-state index contributed by atoms with van der Waals surface area (Å²) in [4.78, 5) is 55.0. The summed E-state index contributed by atoms with van der Waals surface area (Å²) in [6, 6.07) is 48.0. The van der Waals surface area contributed by atoms with E-state index in [9.17, 15) is 14.4 Å². The van der Waals surface area contributed by atoms with Crippen LogP contribution in [0.1, 0.15) is 39.6 Å². The minimum Gasteiger partial charge on any atom is -0.448 e. The number of carbonyl (C=O) groups excluding carboxylic acids is 3. The highest BCUT2D eigenvalue weighted by Crippen LogP contribution is 2.43. The lowest BCUT2D eigenvalue weighted by atomic mass is 9.77. The third-order valence-corrected chi connectivity index (χ3v) is 14.6. The van der Waals surface area contributed by atoms with Crippen molar-refractivity contribution in [3.8, 4) is 0 Å². The van der Waals surface area contributed by atoms with Gasteiger partial charge in [0.05, 0.1) is 6.54 Å². The van der Waals surface area contributed by atoms with Gasteiger partial charge in [0.2, 0.25) is 5.16 Å². The Bertz CT molecular complexity index is 2890. The fraction of sp³-hybridized carbons (Fsp3) is 0.192. The van der Waals surface area contributed by atoms with Crippen LogP contribution >= 0.6 is 34.9 Å². The molecule has 0 spiro atoms. The largest absolute Gasteiger partial charge is 0.448 e. The molecule has 5 aromatic carbocycles. The van der Waals surface area contributed by atoms with E-state index in [-0.39, 0.29) is 29.4 Å². The zero-order chi connectivity index (χ0) is 49.2. The number of carbonyl (C=O) groups is 3. The van der Waals surface area contributed by atoms with E-state index < -0.39 is 47.1 Å². The Morgan fingerprint density at radius 1 is 0.831 bits per heavy atom. The first kappa shape index (κ1) is 48.6. The third-order valence-electron chi connectivity index (χ3n) is 11.8. The molecule has 2 amide bonds. The quantitative estimate of drug-likeness (QED) is 0.0143. The van der Waals surface area contributed by atoms with Crippen molar-refractivity contribution in [1.82, 2.24) is 35.4 Å². The van der Waals surface area contributed by atoms with Crippen molar-refractivity contribution in [2.75, 3.05) is 32.4 Å². The van der Waals surface area contributed by atoms with Crippen LogP contribution in [-0.2, 0) is 45.5 Å². The molecule has 19 heteroatoms. The second-order valence-corrected chi connectivity index (χ2v) is 18.8. The molecule has 2 aromatic heterocycles. The van der Waals surface area contributed by atoms with E-state index in [0.717, 1.165) is 27.8 Å². The lowest BCUT2D eigenvalue weighted by Gasteiger charge is -2.49. The van der Waals surface area contributed by atoms with E-state index in [1.165, 1.54) is 65.8 Å². The number of nitrogens with zero attached hydrogens (tertiary/aromatic N) is 7. The highest BCUT2D eigenvalue weighted by molar-refractivity contribution is 8.02. The Morgan fingerprint density at radius 3 is 1.94 bits per heavy atom. The number of aromatic nitrogens is 5. The van der Waals surface area contributed by atoms with Crippen molar-refractivity contribution in [3.05, 3.63) is 213 Å². The van der Waals surface area contributed by atoms with E-state index in [1.807, 2.05) is 115 Å².